The van der Waals surface area contributed by atoms with E-state index in [2.05, 4.69) is 11.9 Å². The molecule has 1 heterocycles. The Balaban J connectivity index is 2.86. The van der Waals surface area contributed by atoms with Gasteiger partial charge in [-0.05, 0) is 13.3 Å². The molecule has 1 N–H and O–H groups in total. The highest BCUT2D eigenvalue weighted by atomic mass is 35.5. The smallest absolute Gasteiger partial charge is 0.254 e. The minimum absolute atomic E-state index is 0.101. The zero-order valence-corrected chi connectivity index (χ0v) is 14.2. The summed E-state index contributed by atoms with van der Waals surface area (Å²) in [5.74, 6) is 0. The van der Waals surface area contributed by atoms with Crippen LogP contribution in [0.25, 0.3) is 0 Å². The first kappa shape index (κ1) is 17.8. The molecule has 0 atom stereocenters. The maximum Gasteiger partial charge on any atom is 0.254 e. The molecule has 0 amide bonds. The minimum atomic E-state index is -3.62. The first-order valence-electron chi connectivity index (χ1n) is 6.67. The van der Waals surface area contributed by atoms with Crippen LogP contribution in [-0.4, -0.2) is 42.5 Å². The van der Waals surface area contributed by atoms with Crippen molar-refractivity contribution in [1.29, 1.82) is 0 Å². The Morgan fingerprint density at radius 2 is 2.00 bits per heavy atom. The summed E-state index contributed by atoms with van der Waals surface area (Å²) in [5.41, 5.74) is 0.413. The molecule has 0 spiro atoms. The van der Waals surface area contributed by atoms with E-state index in [1.54, 1.807) is 6.92 Å². The molecule has 5 nitrogen and oxygen atoms in total. The maximum absolute atomic E-state index is 12.5. The van der Waals surface area contributed by atoms with E-state index in [4.69, 9.17) is 16.7 Å². The summed E-state index contributed by atoms with van der Waals surface area (Å²) in [6, 6.07) is 0. The number of unbranched alkanes of at least 4 members (excludes halogenated alkanes) is 3. The zero-order chi connectivity index (χ0) is 15.2. The third kappa shape index (κ3) is 4.66. The van der Waals surface area contributed by atoms with Gasteiger partial charge >= 0.3 is 0 Å². The number of sulfonamides is 1. The lowest BCUT2D eigenvalue weighted by Crippen LogP contribution is -2.34. The monoisotopic (exact) mass is 340 g/mol. The van der Waals surface area contributed by atoms with E-state index < -0.39 is 10.0 Å². The predicted molar refractivity (Wildman–Crippen MR) is 81.8 cm³/mol. The summed E-state index contributed by atoms with van der Waals surface area (Å²) in [5, 5.41) is 9.08. The van der Waals surface area contributed by atoms with Crippen molar-refractivity contribution in [3.63, 3.8) is 0 Å². The molecule has 0 saturated heterocycles. The summed E-state index contributed by atoms with van der Waals surface area (Å²) in [6.07, 6.45) is 3.95. The Hall–Kier alpha value is -0.210. The molecular weight excluding hydrogens is 320 g/mol. The number of aliphatic hydroxyl groups excluding tert-OH is 1. The van der Waals surface area contributed by atoms with Crippen LogP contribution in [0.3, 0.4) is 0 Å². The van der Waals surface area contributed by atoms with Crippen LogP contribution in [0.15, 0.2) is 4.21 Å². The van der Waals surface area contributed by atoms with Gasteiger partial charge in [0.2, 0.25) is 0 Å². The number of thiazole rings is 1. The van der Waals surface area contributed by atoms with Crippen LogP contribution in [0.2, 0.25) is 4.47 Å². The van der Waals surface area contributed by atoms with Crippen LogP contribution in [0, 0.1) is 6.92 Å². The van der Waals surface area contributed by atoms with Crippen molar-refractivity contribution in [2.45, 2.75) is 43.7 Å². The highest BCUT2D eigenvalue weighted by molar-refractivity contribution is 7.91. The molecule has 1 aromatic heterocycles. The van der Waals surface area contributed by atoms with Gasteiger partial charge in [-0.3, -0.25) is 0 Å². The maximum atomic E-state index is 12.5. The second-order valence-corrected chi connectivity index (χ2v) is 8.24. The Kier molecular flexibility index (Phi) is 7.39. The predicted octanol–water partition coefficient (Wildman–Crippen LogP) is 2.67. The number of aliphatic hydroxyl groups is 1. The molecule has 1 aromatic rings. The standard InChI is InChI=1S/C12H21ClN2O3S2/c1-3-4-5-6-7-15(8-9-16)20(17,18)11-10(2)14-12(13)19-11/h16H,3-9H2,1-2H3. The van der Waals surface area contributed by atoms with Gasteiger partial charge in [0.1, 0.15) is 0 Å². The average molecular weight is 341 g/mol. The summed E-state index contributed by atoms with van der Waals surface area (Å²) < 4.78 is 26.8. The number of hydrogen-bond acceptors (Lipinski definition) is 5. The molecule has 0 fully saturated rings. The third-order valence-electron chi connectivity index (χ3n) is 2.91. The molecule has 0 bridgehead atoms. The van der Waals surface area contributed by atoms with E-state index in [0.29, 0.717) is 12.2 Å². The molecule has 20 heavy (non-hydrogen) atoms. The number of halogens is 1. The van der Waals surface area contributed by atoms with Gasteiger partial charge in [0.25, 0.3) is 10.0 Å². The molecule has 1 rings (SSSR count). The van der Waals surface area contributed by atoms with Crippen LogP contribution in [0.1, 0.15) is 38.3 Å². The summed E-state index contributed by atoms with van der Waals surface area (Å²) >= 11 is 6.74. The fourth-order valence-corrected chi connectivity index (χ4v) is 5.23. The molecule has 0 aliphatic carbocycles. The van der Waals surface area contributed by atoms with Crippen molar-refractivity contribution in [2.75, 3.05) is 19.7 Å². The highest BCUT2D eigenvalue weighted by Crippen LogP contribution is 2.29. The van der Waals surface area contributed by atoms with Gasteiger partial charge in [-0.15, -0.1) is 0 Å². The van der Waals surface area contributed by atoms with Crippen molar-refractivity contribution >= 4 is 33.0 Å². The van der Waals surface area contributed by atoms with E-state index >= 15 is 0 Å². The second-order valence-electron chi connectivity index (χ2n) is 4.53. The van der Waals surface area contributed by atoms with Crippen molar-refractivity contribution < 1.29 is 13.5 Å². The van der Waals surface area contributed by atoms with Gasteiger partial charge in [0, 0.05) is 13.1 Å². The molecule has 0 aromatic carbocycles. The van der Waals surface area contributed by atoms with E-state index in [9.17, 15) is 8.42 Å². The molecule has 0 radical (unpaired) electrons. The summed E-state index contributed by atoms with van der Waals surface area (Å²) in [7, 11) is -3.62. The molecule has 0 saturated carbocycles. The van der Waals surface area contributed by atoms with Crippen molar-refractivity contribution in [1.82, 2.24) is 9.29 Å². The molecule has 0 aliphatic heterocycles. The zero-order valence-electron chi connectivity index (χ0n) is 11.8. The number of hydrogen-bond donors (Lipinski definition) is 1. The molecule has 8 heteroatoms. The van der Waals surface area contributed by atoms with Crippen molar-refractivity contribution in [3.05, 3.63) is 10.2 Å². The normalized spacial score (nSPS) is 12.2. The number of aromatic nitrogens is 1. The van der Waals surface area contributed by atoms with E-state index in [-0.39, 0.29) is 21.8 Å². The quantitative estimate of drug-likeness (QED) is 0.701. The van der Waals surface area contributed by atoms with E-state index in [1.807, 2.05) is 0 Å². The largest absolute Gasteiger partial charge is 0.395 e. The summed E-state index contributed by atoms with van der Waals surface area (Å²) in [4.78, 5) is 3.95. The Morgan fingerprint density at radius 3 is 2.50 bits per heavy atom. The van der Waals surface area contributed by atoms with E-state index in [1.165, 1.54) is 4.31 Å². The lowest BCUT2D eigenvalue weighted by atomic mass is 10.2. The van der Waals surface area contributed by atoms with Gasteiger partial charge in [0.05, 0.1) is 12.3 Å². The molecule has 116 valence electrons. The van der Waals surface area contributed by atoms with Crippen LogP contribution in [-0.2, 0) is 10.0 Å². The van der Waals surface area contributed by atoms with Gasteiger partial charge in [0.15, 0.2) is 8.68 Å². The average Bonchev–Trinajstić information content (AvgIpc) is 2.73. The van der Waals surface area contributed by atoms with Crippen LogP contribution < -0.4 is 0 Å². The highest BCUT2D eigenvalue weighted by Gasteiger charge is 2.28. The fourth-order valence-electron chi connectivity index (χ4n) is 1.89. The lowest BCUT2D eigenvalue weighted by molar-refractivity contribution is 0.252. The SMILES string of the molecule is CCCCCCN(CCO)S(=O)(=O)c1sc(Cl)nc1C. The van der Waals surface area contributed by atoms with Crippen molar-refractivity contribution in [3.8, 4) is 0 Å². The molecular formula is C12H21ClN2O3S2. The molecule has 0 aliphatic rings. The summed E-state index contributed by atoms with van der Waals surface area (Å²) in [6.45, 7) is 4.05. The first-order chi connectivity index (χ1) is 9.43. The van der Waals surface area contributed by atoms with E-state index in [0.717, 1.165) is 37.0 Å². The Bertz CT molecular complexity index is 517. The van der Waals surface area contributed by atoms with Gasteiger partial charge < -0.3 is 5.11 Å². The second kappa shape index (κ2) is 8.29. The van der Waals surface area contributed by atoms with Crippen molar-refractivity contribution in [2.24, 2.45) is 0 Å². The van der Waals surface area contributed by atoms with Gasteiger partial charge in [-0.1, -0.05) is 49.1 Å². The first-order valence-corrected chi connectivity index (χ1v) is 9.30. The number of aryl methyl sites for hydroxylation is 1. The van der Waals surface area contributed by atoms with Crippen LogP contribution in [0.5, 0.6) is 0 Å². The van der Waals surface area contributed by atoms with Gasteiger partial charge in [-0.2, -0.15) is 4.31 Å². The fraction of sp³-hybridized carbons (Fsp3) is 0.750. The van der Waals surface area contributed by atoms with Gasteiger partial charge in [-0.25, -0.2) is 13.4 Å². The topological polar surface area (TPSA) is 70.5 Å². The number of nitrogens with zero attached hydrogens (tertiary/aromatic N) is 2. The lowest BCUT2D eigenvalue weighted by Gasteiger charge is -2.20. The third-order valence-corrected chi connectivity index (χ3v) is 6.66. The van der Waals surface area contributed by atoms with Crippen LogP contribution in [0.4, 0.5) is 0 Å². The molecule has 0 unspecified atom stereocenters. The van der Waals surface area contributed by atoms with Crippen LogP contribution >= 0.6 is 22.9 Å². The minimum Gasteiger partial charge on any atom is -0.395 e. The Morgan fingerprint density at radius 1 is 1.30 bits per heavy atom. The number of rotatable bonds is 9. The Labute approximate surface area is 129 Å².